The molecule has 9 rings (SSSR count). The van der Waals surface area contributed by atoms with E-state index in [1.165, 1.54) is 0 Å². The van der Waals surface area contributed by atoms with Crippen LogP contribution >= 0.6 is 0 Å². The first-order valence-corrected chi connectivity index (χ1v) is 15.0. The Hall–Kier alpha value is -6.13. The number of benzene rings is 7. The van der Waals surface area contributed by atoms with Crippen molar-refractivity contribution in [2.45, 2.75) is 0 Å². The minimum atomic E-state index is 0.635. The number of hydrogen-bond donors (Lipinski definition) is 0. The second-order valence-corrected chi connectivity index (χ2v) is 11.2. The van der Waals surface area contributed by atoms with Gasteiger partial charge < -0.3 is 13.7 Å². The van der Waals surface area contributed by atoms with E-state index in [9.17, 15) is 0 Å². The quantitative estimate of drug-likeness (QED) is 0.204. The van der Waals surface area contributed by atoms with E-state index in [1.54, 1.807) is 0 Å². The third-order valence-corrected chi connectivity index (χ3v) is 8.50. The Labute approximate surface area is 259 Å². The topological polar surface area (TPSA) is 42.4 Å². The number of furan rings is 1. The summed E-state index contributed by atoms with van der Waals surface area (Å²) in [5.41, 5.74) is 9.93. The van der Waals surface area contributed by atoms with Crippen LogP contribution in [0.15, 0.2) is 167 Å². The largest absolute Gasteiger partial charge is 0.456 e. The molecule has 0 aliphatic rings. The third kappa shape index (κ3) is 4.27. The Morgan fingerprint density at radius 1 is 0.422 bits per heavy atom. The summed E-state index contributed by atoms with van der Waals surface area (Å²) in [7, 11) is 0. The summed E-state index contributed by atoms with van der Waals surface area (Å²) >= 11 is 0. The van der Waals surface area contributed by atoms with Crippen LogP contribution in [0.25, 0.3) is 66.4 Å². The van der Waals surface area contributed by atoms with Crippen molar-refractivity contribution in [3.05, 3.63) is 158 Å². The van der Waals surface area contributed by atoms with Gasteiger partial charge in [0.05, 0.1) is 0 Å². The number of rotatable bonds is 5. The number of anilines is 3. The molecule has 0 aliphatic carbocycles. The maximum atomic E-state index is 6.33. The van der Waals surface area contributed by atoms with Crippen LogP contribution in [-0.2, 0) is 0 Å². The van der Waals surface area contributed by atoms with E-state index >= 15 is 0 Å². The minimum Gasteiger partial charge on any atom is -0.456 e. The lowest BCUT2D eigenvalue weighted by atomic mass is 9.97. The van der Waals surface area contributed by atoms with Crippen molar-refractivity contribution in [2.24, 2.45) is 0 Å². The Bertz CT molecular complexity index is 2480. The van der Waals surface area contributed by atoms with E-state index in [2.05, 4.69) is 114 Å². The predicted molar refractivity (Wildman–Crippen MR) is 184 cm³/mol. The molecule has 0 N–H and O–H groups in total. The first kappa shape index (κ1) is 25.4. The molecule has 2 aromatic heterocycles. The van der Waals surface area contributed by atoms with E-state index in [4.69, 9.17) is 13.8 Å². The molecule has 0 saturated heterocycles. The Morgan fingerprint density at radius 2 is 1.11 bits per heavy atom. The average Bonchev–Trinajstić information content (AvgIpc) is 3.72. The van der Waals surface area contributed by atoms with E-state index in [-0.39, 0.29) is 0 Å². The first-order valence-electron chi connectivity index (χ1n) is 15.0. The summed E-state index contributed by atoms with van der Waals surface area (Å²) in [6, 6.07) is 54.5. The van der Waals surface area contributed by atoms with Gasteiger partial charge in [0, 0.05) is 38.8 Å². The van der Waals surface area contributed by atoms with Gasteiger partial charge >= 0.3 is 0 Å². The van der Waals surface area contributed by atoms with Crippen molar-refractivity contribution >= 4 is 60.9 Å². The molecule has 212 valence electrons. The summed E-state index contributed by atoms with van der Waals surface area (Å²) in [5, 5.41) is 4.40. The number of oxazole rings is 1. The number of hydrogen-bond acceptors (Lipinski definition) is 4. The van der Waals surface area contributed by atoms with Crippen molar-refractivity contribution in [1.29, 1.82) is 0 Å². The normalized spacial score (nSPS) is 11.6. The SMILES string of the molecule is c1ccc(-c2nc3ccc4c(-c5ccc(N(c6ccccc6)c6ccc7oc8ccccc8c7c6)cc5)cccc4c3o2)cc1. The molecule has 0 saturated carbocycles. The number of aromatic nitrogens is 1. The maximum Gasteiger partial charge on any atom is 0.227 e. The molecule has 0 atom stereocenters. The van der Waals surface area contributed by atoms with Gasteiger partial charge in [0.2, 0.25) is 5.89 Å². The van der Waals surface area contributed by atoms with Crippen LogP contribution in [0.4, 0.5) is 17.1 Å². The predicted octanol–water partition coefficient (Wildman–Crippen LogP) is 11.7. The average molecular weight is 579 g/mol. The summed E-state index contributed by atoms with van der Waals surface area (Å²) in [4.78, 5) is 7.07. The molecule has 2 heterocycles. The van der Waals surface area contributed by atoms with Crippen molar-refractivity contribution in [2.75, 3.05) is 4.90 Å². The first-order chi connectivity index (χ1) is 22.3. The van der Waals surface area contributed by atoms with Gasteiger partial charge in [-0.25, -0.2) is 4.98 Å². The van der Waals surface area contributed by atoms with Gasteiger partial charge in [-0.1, -0.05) is 91.0 Å². The molecule has 0 fully saturated rings. The van der Waals surface area contributed by atoms with Crippen LogP contribution < -0.4 is 4.90 Å². The molecule has 0 unspecified atom stereocenters. The highest BCUT2D eigenvalue weighted by Gasteiger charge is 2.17. The smallest absolute Gasteiger partial charge is 0.227 e. The third-order valence-electron chi connectivity index (χ3n) is 8.50. The highest BCUT2D eigenvalue weighted by atomic mass is 16.3. The molecule has 0 radical (unpaired) electrons. The van der Waals surface area contributed by atoms with Gasteiger partial charge in [0.25, 0.3) is 0 Å². The van der Waals surface area contributed by atoms with Crippen molar-refractivity contribution in [3.63, 3.8) is 0 Å². The van der Waals surface area contributed by atoms with Crippen LogP contribution in [0, 0.1) is 0 Å². The second-order valence-electron chi connectivity index (χ2n) is 11.2. The van der Waals surface area contributed by atoms with Gasteiger partial charge in [-0.05, 0) is 83.2 Å². The summed E-state index contributed by atoms with van der Waals surface area (Å²) < 4.78 is 12.5. The van der Waals surface area contributed by atoms with Gasteiger partial charge in [0.1, 0.15) is 16.7 Å². The highest BCUT2D eigenvalue weighted by molar-refractivity contribution is 6.09. The Balaban J connectivity index is 1.14. The molecule has 0 spiro atoms. The van der Waals surface area contributed by atoms with Gasteiger partial charge in [-0.15, -0.1) is 0 Å². The molecular weight excluding hydrogens is 552 g/mol. The van der Waals surface area contributed by atoms with E-state index in [1.807, 2.05) is 48.5 Å². The van der Waals surface area contributed by atoms with Crippen LogP contribution in [0.1, 0.15) is 0 Å². The van der Waals surface area contributed by atoms with E-state index in [0.717, 1.165) is 77.6 Å². The lowest BCUT2D eigenvalue weighted by Gasteiger charge is -2.25. The standard InChI is InChI=1S/C41H26N2O2/c1-3-10-28(11-4-1)41-42-37-24-23-33-32(15-9-16-35(33)40(37)45-41)27-18-20-30(21-19-27)43(29-12-5-2-6-13-29)31-22-25-39-36(26-31)34-14-7-8-17-38(34)44-39/h1-26H. The van der Waals surface area contributed by atoms with Crippen molar-refractivity contribution < 1.29 is 8.83 Å². The molecule has 0 bridgehead atoms. The van der Waals surface area contributed by atoms with Crippen LogP contribution in [0.2, 0.25) is 0 Å². The van der Waals surface area contributed by atoms with E-state index < -0.39 is 0 Å². The van der Waals surface area contributed by atoms with E-state index in [0.29, 0.717) is 5.89 Å². The lowest BCUT2D eigenvalue weighted by molar-refractivity contribution is 0.623. The Morgan fingerprint density at radius 3 is 1.96 bits per heavy atom. The summed E-state index contributed by atoms with van der Waals surface area (Å²) in [6.07, 6.45) is 0. The fourth-order valence-electron chi connectivity index (χ4n) is 6.37. The van der Waals surface area contributed by atoms with Gasteiger partial charge in [-0.3, -0.25) is 0 Å². The van der Waals surface area contributed by atoms with Crippen molar-refractivity contribution in [1.82, 2.24) is 4.98 Å². The zero-order valence-electron chi connectivity index (χ0n) is 24.2. The molecule has 0 amide bonds. The molecule has 4 heteroatoms. The number of fused-ring (bicyclic) bond motifs is 6. The summed E-state index contributed by atoms with van der Waals surface area (Å²) in [6.45, 7) is 0. The monoisotopic (exact) mass is 578 g/mol. The highest BCUT2D eigenvalue weighted by Crippen LogP contribution is 2.40. The number of nitrogens with zero attached hydrogens (tertiary/aromatic N) is 2. The minimum absolute atomic E-state index is 0.635. The molecule has 4 nitrogen and oxygen atoms in total. The van der Waals surface area contributed by atoms with Gasteiger partial charge in [-0.2, -0.15) is 0 Å². The maximum absolute atomic E-state index is 6.33. The molecule has 7 aromatic carbocycles. The fraction of sp³-hybridized carbons (Fsp3) is 0. The molecule has 9 aromatic rings. The van der Waals surface area contributed by atoms with Crippen LogP contribution in [0.5, 0.6) is 0 Å². The second kappa shape index (κ2) is 10.2. The fourth-order valence-corrected chi connectivity index (χ4v) is 6.37. The number of para-hydroxylation sites is 2. The lowest BCUT2D eigenvalue weighted by Crippen LogP contribution is -2.09. The molecule has 0 aliphatic heterocycles. The van der Waals surface area contributed by atoms with Gasteiger partial charge in [0.15, 0.2) is 5.58 Å². The molecular formula is C41H26N2O2. The van der Waals surface area contributed by atoms with Crippen molar-refractivity contribution in [3.8, 4) is 22.6 Å². The summed E-state index contributed by atoms with van der Waals surface area (Å²) in [5.74, 6) is 0.635. The Kier molecular flexibility index (Phi) is 5.78. The van der Waals surface area contributed by atoms with Crippen LogP contribution in [0.3, 0.4) is 0 Å². The zero-order chi connectivity index (χ0) is 29.7. The molecule has 45 heavy (non-hydrogen) atoms. The van der Waals surface area contributed by atoms with Crippen LogP contribution in [-0.4, -0.2) is 4.98 Å². The zero-order valence-corrected chi connectivity index (χ0v) is 24.2.